The van der Waals surface area contributed by atoms with E-state index >= 15 is 0 Å². The molecule has 0 aliphatic carbocycles. The SMILES string of the molecule is CCCCCCN(CCCCCC)P(C(C(P(N(CCCCCC)CCCCCC)N(CCCCCC)CCCCCC)P(N(CCCCCC)CCCCCC)N(CCCCCC)CCCCCC)P(N(CCCCCC)CCCCCC)N(CCCCCC)CCCCCC)N(CCCCCC)CCCCCC. The Morgan fingerprint density at radius 1 is 0.109 bits per heavy atom. The lowest BCUT2D eigenvalue weighted by molar-refractivity contribution is 0.327. The topological polar surface area (TPSA) is 25.9 Å². The van der Waals surface area contributed by atoms with E-state index in [1.807, 2.05) is 0 Å². The highest BCUT2D eigenvalue weighted by Crippen LogP contribution is 2.78. The molecule has 0 atom stereocenters. The van der Waals surface area contributed by atoms with Crippen LogP contribution in [0.3, 0.4) is 0 Å². The Labute approximate surface area is 703 Å². The van der Waals surface area contributed by atoms with Crippen molar-refractivity contribution in [2.75, 3.05) is 105 Å². The molecule has 0 rings (SSSR count). The van der Waals surface area contributed by atoms with E-state index in [2.05, 4.69) is 148 Å². The fourth-order valence-electron chi connectivity index (χ4n) is 16.8. The van der Waals surface area contributed by atoms with Gasteiger partial charge >= 0.3 is 0 Å². The van der Waals surface area contributed by atoms with Gasteiger partial charge in [-0.3, -0.25) is 37.4 Å². The van der Waals surface area contributed by atoms with Crippen LogP contribution < -0.4 is 0 Å². The van der Waals surface area contributed by atoms with Gasteiger partial charge in [0.2, 0.25) is 0 Å². The lowest BCUT2D eigenvalue weighted by Gasteiger charge is -2.59. The van der Waals surface area contributed by atoms with Crippen molar-refractivity contribution in [3.05, 3.63) is 0 Å². The molecule has 0 heterocycles. The summed E-state index contributed by atoms with van der Waals surface area (Å²) >= 11 is 0. The first-order valence-corrected chi connectivity index (χ1v) is 56.6. The first-order chi connectivity index (χ1) is 54.2. The number of rotatable bonds is 93. The van der Waals surface area contributed by atoms with Gasteiger partial charge in [-0.05, 0) is 103 Å². The monoisotopic (exact) mass is 1620 g/mol. The number of unbranched alkanes of at least 4 members (excludes halogenated alkanes) is 48. The lowest BCUT2D eigenvalue weighted by Crippen LogP contribution is -2.50. The first-order valence-electron chi connectivity index (χ1n) is 51.3. The molecule has 0 unspecified atom stereocenters. The average Bonchev–Trinajstić information content (AvgIpc) is 0.744. The average molecular weight is 1620 g/mol. The molecule has 110 heavy (non-hydrogen) atoms. The Morgan fingerprint density at radius 3 is 0.245 bits per heavy atom. The van der Waals surface area contributed by atoms with Gasteiger partial charge in [-0.25, -0.2) is 0 Å². The van der Waals surface area contributed by atoms with E-state index in [0.29, 0.717) is 10.8 Å². The number of nitrogens with zero attached hydrogens (tertiary/aromatic N) is 8. The fraction of sp³-hybridized carbons (Fsp3) is 1.00. The highest BCUT2D eigenvalue weighted by molar-refractivity contribution is 7.79. The van der Waals surface area contributed by atoms with Crippen LogP contribution in [0, 0.1) is 0 Å². The molecule has 0 amide bonds. The predicted molar refractivity (Wildman–Crippen MR) is 514 cm³/mol. The second-order valence-corrected chi connectivity index (χ2v) is 44.8. The summed E-state index contributed by atoms with van der Waals surface area (Å²) < 4.78 is 28.6. The Morgan fingerprint density at radius 2 is 0.182 bits per heavy atom. The first kappa shape index (κ1) is 111. The van der Waals surface area contributed by atoms with Crippen molar-refractivity contribution >= 4 is 32.9 Å². The van der Waals surface area contributed by atoms with Crippen molar-refractivity contribution in [1.29, 1.82) is 0 Å². The molecule has 0 aliphatic heterocycles. The van der Waals surface area contributed by atoms with E-state index in [1.165, 1.54) is 516 Å². The summed E-state index contributed by atoms with van der Waals surface area (Å²) in [7, 11) is -3.36. The maximum Gasteiger partial charge on any atom is 0.0690 e. The zero-order valence-corrected chi connectivity index (χ0v) is 82.7. The van der Waals surface area contributed by atoms with E-state index in [9.17, 15) is 0 Å². The third kappa shape index (κ3) is 57.6. The molecular formula is C98H210N8P4. The molecule has 12 heteroatoms. The Bertz CT molecular complexity index is 1310. The quantitative estimate of drug-likeness (QED) is 0.0439. The molecule has 0 bridgehead atoms. The molecular weight excluding hydrogens is 1410 g/mol. The zero-order chi connectivity index (χ0) is 80.7. The predicted octanol–water partition coefficient (Wildman–Crippen LogP) is 34.6. The third-order valence-electron chi connectivity index (χ3n) is 23.8. The molecule has 0 saturated heterocycles. The van der Waals surface area contributed by atoms with Crippen LogP contribution in [0.2, 0.25) is 0 Å². The molecule has 0 aromatic heterocycles. The van der Waals surface area contributed by atoms with Crippen LogP contribution >= 0.6 is 32.9 Å². The minimum Gasteiger partial charge on any atom is -0.269 e. The van der Waals surface area contributed by atoms with Crippen molar-refractivity contribution in [3.8, 4) is 0 Å². The Hall–Kier alpha value is 1.40. The van der Waals surface area contributed by atoms with E-state index in [4.69, 9.17) is 0 Å². The third-order valence-corrected chi connectivity index (χ3v) is 38.2. The highest BCUT2D eigenvalue weighted by atomic mass is 31.2. The van der Waals surface area contributed by atoms with Crippen LogP contribution in [0.5, 0.6) is 0 Å². The van der Waals surface area contributed by atoms with Gasteiger partial charge in [-0.2, -0.15) is 0 Å². The molecule has 662 valence electrons. The van der Waals surface area contributed by atoms with Gasteiger partial charge in [-0.1, -0.05) is 419 Å². The number of hydrogen-bond acceptors (Lipinski definition) is 8. The van der Waals surface area contributed by atoms with Crippen molar-refractivity contribution in [3.63, 3.8) is 0 Å². The largest absolute Gasteiger partial charge is 0.269 e. The van der Waals surface area contributed by atoms with Crippen LogP contribution in [0.4, 0.5) is 0 Å². The van der Waals surface area contributed by atoms with Gasteiger partial charge < -0.3 is 0 Å². The van der Waals surface area contributed by atoms with Crippen molar-refractivity contribution in [2.24, 2.45) is 0 Å². The van der Waals surface area contributed by atoms with Gasteiger partial charge in [0.15, 0.2) is 0 Å². The number of hydrogen-bond donors (Lipinski definition) is 0. The highest BCUT2D eigenvalue weighted by Gasteiger charge is 2.56. The second-order valence-electron chi connectivity index (χ2n) is 34.7. The van der Waals surface area contributed by atoms with Crippen LogP contribution in [0.15, 0.2) is 0 Å². The summed E-state index contributed by atoms with van der Waals surface area (Å²) in [4.78, 5) is 0. The maximum atomic E-state index is 3.58. The smallest absolute Gasteiger partial charge is 0.0690 e. The molecule has 0 aromatic carbocycles. The van der Waals surface area contributed by atoms with Crippen LogP contribution in [0.25, 0.3) is 0 Å². The maximum absolute atomic E-state index is 3.58. The standard InChI is InChI=1S/C98H210N8P4/c1-17-33-49-65-81-99(82-66-50-34-18-2)107(100(83-67-51-35-19-3)84-68-52-36-20-4)97(108(101(85-69-53-37-21-5)86-70-54-38-22-6)102(87-71-55-39-23-7)88-72-56-40-24-8)98(109(103(89-73-57-41-25-9)90-74-58-42-26-10)104(91-75-59-43-27-11)92-76-60-44-28-12)110(105(93-77-61-45-29-13)94-78-62-46-30-14)106(95-79-63-47-31-15)96-80-64-48-32-16/h97-98H,17-96H2,1-16H3. The molecule has 8 nitrogen and oxygen atoms in total. The summed E-state index contributed by atoms with van der Waals surface area (Å²) in [5.74, 6) is 0. The fourth-order valence-corrected chi connectivity index (χ4v) is 35.2. The van der Waals surface area contributed by atoms with Gasteiger partial charge in [0.05, 0.1) is 43.7 Å². The Balaban J connectivity index is 12.4. The molecule has 0 saturated carbocycles. The van der Waals surface area contributed by atoms with E-state index in [1.54, 1.807) is 0 Å². The molecule has 0 N–H and O–H groups in total. The summed E-state index contributed by atoms with van der Waals surface area (Å²) in [6.45, 7) is 61.1. The van der Waals surface area contributed by atoms with Gasteiger partial charge in [0.1, 0.15) is 0 Å². The summed E-state index contributed by atoms with van der Waals surface area (Å²) in [6.07, 6.45) is 87.5. The summed E-state index contributed by atoms with van der Waals surface area (Å²) in [5, 5.41) is 1.12. The van der Waals surface area contributed by atoms with Crippen molar-refractivity contribution < 1.29 is 0 Å². The lowest BCUT2D eigenvalue weighted by atomic mass is 10.2. The van der Waals surface area contributed by atoms with Gasteiger partial charge in [-0.15, -0.1) is 0 Å². The Kier molecular flexibility index (Phi) is 87.9. The minimum atomic E-state index is -0.840. The normalized spacial score (nSPS) is 12.6. The van der Waals surface area contributed by atoms with Crippen molar-refractivity contribution in [1.82, 2.24) is 37.4 Å². The minimum absolute atomic E-state index is 0.562. The molecule has 0 aromatic rings. The van der Waals surface area contributed by atoms with Gasteiger partial charge in [0, 0.05) is 105 Å². The van der Waals surface area contributed by atoms with Crippen LogP contribution in [-0.2, 0) is 0 Å². The second kappa shape index (κ2) is 86.8. The van der Waals surface area contributed by atoms with E-state index < -0.39 is 32.9 Å². The van der Waals surface area contributed by atoms with Gasteiger partial charge in [0.25, 0.3) is 0 Å². The molecule has 0 aliphatic rings. The summed E-state index contributed by atoms with van der Waals surface area (Å²) in [6, 6.07) is 0. The summed E-state index contributed by atoms with van der Waals surface area (Å²) in [5.41, 5.74) is 0. The van der Waals surface area contributed by atoms with Crippen LogP contribution in [0.1, 0.15) is 522 Å². The van der Waals surface area contributed by atoms with E-state index in [0.717, 1.165) is 0 Å². The van der Waals surface area contributed by atoms with Crippen LogP contribution in [-0.4, -0.2) is 153 Å². The molecule has 0 fully saturated rings. The molecule has 0 spiro atoms. The van der Waals surface area contributed by atoms with Crippen molar-refractivity contribution in [2.45, 2.75) is 533 Å². The molecule has 0 radical (unpaired) electrons. The zero-order valence-electron chi connectivity index (χ0n) is 79.1. The van der Waals surface area contributed by atoms with E-state index in [-0.39, 0.29) is 0 Å².